The fraction of sp³-hybridized carbons (Fsp3) is 0.206. The summed E-state index contributed by atoms with van der Waals surface area (Å²) in [6.07, 6.45) is -3.24. The van der Waals surface area contributed by atoms with E-state index < -0.39 is 45.0 Å². The largest absolute Gasteiger partial charge is 0.485 e. The van der Waals surface area contributed by atoms with Crippen LogP contribution in [0.2, 0.25) is 0 Å². The van der Waals surface area contributed by atoms with Crippen molar-refractivity contribution in [3.05, 3.63) is 143 Å². The number of hydrogen-bond donors (Lipinski definition) is 0. The number of esters is 1. The summed E-state index contributed by atoms with van der Waals surface area (Å²) in [5.41, 5.74) is 3.12. The molecule has 0 N–H and O–H groups in total. The van der Waals surface area contributed by atoms with E-state index in [-0.39, 0.29) is 34.5 Å². The first-order valence-electron chi connectivity index (χ1n) is 14.3. The monoisotopic (exact) mass is 664 g/mol. The van der Waals surface area contributed by atoms with Crippen LogP contribution in [0.25, 0.3) is 0 Å². The van der Waals surface area contributed by atoms with Crippen LogP contribution in [0.1, 0.15) is 22.3 Å². The van der Waals surface area contributed by atoms with E-state index in [1.807, 2.05) is 12.1 Å². The maximum Gasteiger partial charge on any atom is 0.378 e. The third-order valence-electron chi connectivity index (χ3n) is 6.96. The van der Waals surface area contributed by atoms with Crippen LogP contribution >= 0.6 is 0 Å². The second-order valence-electron chi connectivity index (χ2n) is 10.5. The van der Waals surface area contributed by atoms with Crippen LogP contribution in [0.3, 0.4) is 0 Å². The van der Waals surface area contributed by atoms with Crippen molar-refractivity contribution >= 4 is 26.2 Å². The fourth-order valence-corrected chi connectivity index (χ4v) is 6.44. The first kappa shape index (κ1) is 32.9. The van der Waals surface area contributed by atoms with Crippen molar-refractivity contribution in [1.82, 2.24) is 0 Å². The maximum atomic E-state index is 13.4. The third kappa shape index (κ3) is 8.20. The van der Waals surface area contributed by atoms with Gasteiger partial charge in [0, 0.05) is 0 Å². The average molecular weight is 665 g/mol. The smallest absolute Gasteiger partial charge is 0.378 e. The van der Waals surface area contributed by atoms with Gasteiger partial charge in [0.05, 0.1) is 16.4 Å². The normalized spacial score (nSPS) is 15.8. The predicted molar refractivity (Wildman–Crippen MR) is 167 cm³/mol. The summed E-state index contributed by atoms with van der Waals surface area (Å²) in [6.45, 7) is 2.68. The molecule has 240 valence electrons. The highest BCUT2D eigenvalue weighted by Gasteiger charge is 2.46. The molecule has 0 saturated carbocycles. The van der Waals surface area contributed by atoms with Gasteiger partial charge in [0.15, 0.2) is 11.9 Å². The Morgan fingerprint density at radius 2 is 1.13 bits per heavy atom. The number of carbonyl (C=O) groups is 1. The van der Waals surface area contributed by atoms with Gasteiger partial charge in [-0.2, -0.15) is 16.8 Å². The topological polar surface area (TPSA) is 132 Å². The molecule has 46 heavy (non-hydrogen) atoms. The maximum absolute atomic E-state index is 13.4. The van der Waals surface area contributed by atoms with Crippen LogP contribution in [0, 0.1) is 13.8 Å². The van der Waals surface area contributed by atoms with Gasteiger partial charge in [-0.3, -0.25) is 8.37 Å². The number of aryl methyl sites for hydroxylation is 2. The van der Waals surface area contributed by atoms with Crippen LogP contribution in [0.15, 0.2) is 131 Å². The second kappa shape index (κ2) is 14.3. The van der Waals surface area contributed by atoms with Crippen LogP contribution in [0.4, 0.5) is 0 Å². The average Bonchev–Trinajstić information content (AvgIpc) is 3.36. The van der Waals surface area contributed by atoms with Crippen LogP contribution in [-0.4, -0.2) is 41.6 Å². The first-order chi connectivity index (χ1) is 22.0. The summed E-state index contributed by atoms with van der Waals surface area (Å²) in [5.74, 6) is -1.40. The summed E-state index contributed by atoms with van der Waals surface area (Å²) in [6, 6.07) is 29.9. The van der Waals surface area contributed by atoms with Crippen LogP contribution in [-0.2, 0) is 60.8 Å². The number of ether oxygens (including phenoxy) is 3. The summed E-state index contributed by atoms with van der Waals surface area (Å²) in [5, 5.41) is 0. The zero-order valence-electron chi connectivity index (χ0n) is 25.1. The van der Waals surface area contributed by atoms with E-state index in [0.717, 1.165) is 22.3 Å². The number of cyclic esters (lactones) is 1. The molecule has 0 radical (unpaired) electrons. The van der Waals surface area contributed by atoms with Gasteiger partial charge in [0.25, 0.3) is 20.2 Å². The highest BCUT2D eigenvalue weighted by Crippen LogP contribution is 2.32. The molecule has 4 aromatic rings. The van der Waals surface area contributed by atoms with E-state index in [0.29, 0.717) is 0 Å². The Bertz CT molecular complexity index is 1890. The summed E-state index contributed by atoms with van der Waals surface area (Å²) in [7, 11) is -8.89. The minimum atomic E-state index is -4.52. The minimum Gasteiger partial charge on any atom is -0.485 e. The minimum absolute atomic E-state index is 0.0261. The number of carbonyl (C=O) groups excluding carboxylic acids is 1. The number of rotatable bonds is 14. The molecular weight excluding hydrogens is 632 g/mol. The highest BCUT2D eigenvalue weighted by atomic mass is 32.2. The Morgan fingerprint density at radius 1 is 0.652 bits per heavy atom. The van der Waals surface area contributed by atoms with E-state index in [4.69, 9.17) is 22.6 Å². The molecule has 4 aromatic carbocycles. The van der Waals surface area contributed by atoms with E-state index in [1.165, 1.54) is 24.3 Å². The molecule has 10 nitrogen and oxygen atoms in total. The van der Waals surface area contributed by atoms with E-state index in [9.17, 15) is 21.6 Å². The van der Waals surface area contributed by atoms with Crippen molar-refractivity contribution in [1.29, 1.82) is 0 Å². The van der Waals surface area contributed by atoms with Gasteiger partial charge in [-0.25, -0.2) is 4.79 Å². The molecule has 0 unspecified atom stereocenters. The lowest BCUT2D eigenvalue weighted by Crippen LogP contribution is -2.38. The lowest BCUT2D eigenvalue weighted by Gasteiger charge is -2.24. The Labute approximate surface area is 268 Å². The zero-order valence-corrected chi connectivity index (χ0v) is 26.7. The second-order valence-corrected chi connectivity index (χ2v) is 13.7. The molecule has 5 rings (SSSR count). The van der Waals surface area contributed by atoms with Gasteiger partial charge in [0.2, 0.25) is 5.76 Å². The predicted octanol–water partition coefficient (Wildman–Crippen LogP) is 5.35. The zero-order chi connectivity index (χ0) is 32.7. The lowest BCUT2D eigenvalue weighted by atomic mass is 10.1. The summed E-state index contributed by atoms with van der Waals surface area (Å²) >= 11 is 0. The number of hydrogen-bond acceptors (Lipinski definition) is 10. The highest BCUT2D eigenvalue weighted by molar-refractivity contribution is 7.87. The molecule has 1 aliphatic heterocycles. The quantitative estimate of drug-likeness (QED) is 0.128. The van der Waals surface area contributed by atoms with Gasteiger partial charge in [-0.15, -0.1) is 0 Å². The number of benzene rings is 4. The molecule has 0 amide bonds. The molecule has 1 heterocycles. The molecule has 12 heteroatoms. The van der Waals surface area contributed by atoms with Gasteiger partial charge >= 0.3 is 5.97 Å². The van der Waals surface area contributed by atoms with Crippen LogP contribution < -0.4 is 0 Å². The SMILES string of the molecule is Cc1ccc(S(=O)(=O)OC[C@H](OS(=O)(=O)c2ccc(C)cc2)[C@H]2OC(=O)C(OCc3ccccc3)=C2OCc2ccccc2)cc1. The van der Waals surface area contributed by atoms with Crippen molar-refractivity contribution in [3.63, 3.8) is 0 Å². The lowest BCUT2D eigenvalue weighted by molar-refractivity contribution is -0.147. The Morgan fingerprint density at radius 3 is 1.65 bits per heavy atom. The van der Waals surface area contributed by atoms with Crippen molar-refractivity contribution in [2.24, 2.45) is 0 Å². The van der Waals surface area contributed by atoms with E-state index in [2.05, 4.69) is 0 Å². The van der Waals surface area contributed by atoms with Gasteiger partial charge in [0.1, 0.15) is 19.3 Å². The molecule has 0 aromatic heterocycles. The molecule has 0 saturated heterocycles. The molecule has 0 aliphatic carbocycles. The Hall–Kier alpha value is -4.49. The summed E-state index contributed by atoms with van der Waals surface area (Å²) < 4.78 is 81.5. The molecule has 0 bridgehead atoms. The molecule has 0 spiro atoms. The molecule has 2 atom stereocenters. The van der Waals surface area contributed by atoms with E-state index in [1.54, 1.807) is 86.6 Å². The Kier molecular flexibility index (Phi) is 10.2. The van der Waals surface area contributed by atoms with E-state index >= 15 is 0 Å². The van der Waals surface area contributed by atoms with Crippen molar-refractivity contribution in [3.8, 4) is 0 Å². The van der Waals surface area contributed by atoms with Crippen molar-refractivity contribution in [2.45, 2.75) is 49.1 Å². The first-order valence-corrected chi connectivity index (χ1v) is 17.1. The summed E-state index contributed by atoms with van der Waals surface area (Å²) in [4.78, 5) is 12.9. The fourth-order valence-electron chi connectivity index (χ4n) is 4.46. The van der Waals surface area contributed by atoms with Crippen molar-refractivity contribution < 1.29 is 44.2 Å². The van der Waals surface area contributed by atoms with Crippen LogP contribution in [0.5, 0.6) is 0 Å². The van der Waals surface area contributed by atoms with Gasteiger partial charge < -0.3 is 14.2 Å². The van der Waals surface area contributed by atoms with Gasteiger partial charge in [-0.1, -0.05) is 96.1 Å². The Balaban J connectivity index is 1.50. The third-order valence-corrected chi connectivity index (χ3v) is 9.61. The van der Waals surface area contributed by atoms with Crippen molar-refractivity contribution in [2.75, 3.05) is 6.61 Å². The molecule has 0 fully saturated rings. The van der Waals surface area contributed by atoms with Gasteiger partial charge in [-0.05, 0) is 49.2 Å². The molecule has 1 aliphatic rings. The standard InChI is InChI=1S/C34H32O10S2/c1-24-13-17-28(18-14-24)45(36,37)42-23-30(44-46(38,39)29-19-15-25(2)16-20-29)31-32(40-21-26-9-5-3-6-10-26)33(34(35)43-31)41-22-27-11-7-4-8-12-27/h3-20,30-31H,21-23H2,1-2H3/t30-,31+/m0/s1. The molecular formula is C34H32O10S2.